The van der Waals surface area contributed by atoms with E-state index in [1.54, 1.807) is 21.1 Å². The highest BCUT2D eigenvalue weighted by molar-refractivity contribution is 5.58. The van der Waals surface area contributed by atoms with Crippen LogP contribution in [0.25, 0.3) is 11.4 Å². The Hall–Kier alpha value is -4.41. The van der Waals surface area contributed by atoms with Crippen molar-refractivity contribution in [3.63, 3.8) is 0 Å². The zero-order valence-electron chi connectivity index (χ0n) is 20.4. The van der Waals surface area contributed by atoms with Gasteiger partial charge in [0.15, 0.2) is 5.82 Å². The van der Waals surface area contributed by atoms with Crippen molar-refractivity contribution in [1.82, 2.24) is 19.9 Å². The Morgan fingerprint density at radius 1 is 0.811 bits per heavy atom. The predicted molar refractivity (Wildman–Crippen MR) is 130 cm³/mol. The molecule has 4 aromatic rings. The summed E-state index contributed by atoms with van der Waals surface area (Å²) in [5.74, 6) is 0.744. The molecular formula is C26H24F3N5O3. The van der Waals surface area contributed by atoms with Gasteiger partial charge < -0.3 is 19.1 Å². The first kappa shape index (κ1) is 25.7. The van der Waals surface area contributed by atoms with E-state index in [1.807, 2.05) is 53.4 Å². The lowest BCUT2D eigenvalue weighted by Crippen LogP contribution is -2.25. The molecule has 0 unspecified atom stereocenters. The summed E-state index contributed by atoms with van der Waals surface area (Å²) >= 11 is 0. The highest BCUT2D eigenvalue weighted by Crippen LogP contribution is 2.27. The third-order valence-electron chi connectivity index (χ3n) is 5.36. The van der Waals surface area contributed by atoms with Crippen LogP contribution >= 0.6 is 0 Å². The lowest BCUT2D eigenvalue weighted by molar-refractivity contribution is -0.0501. The van der Waals surface area contributed by atoms with Crippen molar-refractivity contribution in [2.24, 2.45) is 0 Å². The summed E-state index contributed by atoms with van der Waals surface area (Å²) in [7, 11) is 3.19. The molecule has 2 heterocycles. The topological polar surface area (TPSA) is 82.5 Å². The van der Waals surface area contributed by atoms with E-state index in [4.69, 9.17) is 9.47 Å². The summed E-state index contributed by atoms with van der Waals surface area (Å²) in [6.45, 7) is -0.624. The lowest BCUT2D eigenvalue weighted by atomic mass is 10.1. The first-order valence-corrected chi connectivity index (χ1v) is 11.2. The maximum Gasteiger partial charge on any atom is 0.387 e. The summed E-state index contributed by atoms with van der Waals surface area (Å²) < 4.78 is 54.8. The van der Waals surface area contributed by atoms with Crippen molar-refractivity contribution in [2.75, 3.05) is 19.1 Å². The van der Waals surface area contributed by atoms with E-state index in [0.29, 0.717) is 18.9 Å². The van der Waals surface area contributed by atoms with Crippen LogP contribution in [0.5, 0.6) is 17.2 Å². The Morgan fingerprint density at radius 3 is 1.89 bits per heavy atom. The van der Waals surface area contributed by atoms with Crippen LogP contribution in [0.1, 0.15) is 17.0 Å². The van der Waals surface area contributed by atoms with Crippen LogP contribution in [0.2, 0.25) is 0 Å². The van der Waals surface area contributed by atoms with E-state index in [-0.39, 0.29) is 23.1 Å². The number of nitrogens with zero attached hydrogens (tertiary/aromatic N) is 5. The number of methoxy groups -OCH3 is 2. The minimum absolute atomic E-state index is 0.0540. The molecule has 37 heavy (non-hydrogen) atoms. The molecule has 0 amide bonds. The molecular weight excluding hydrogens is 487 g/mol. The van der Waals surface area contributed by atoms with Gasteiger partial charge in [0.05, 0.1) is 26.0 Å². The number of benzene rings is 2. The standard InChI is InChI=1S/C26H24F3N5O3/c1-16-31-24(22-12-21(37-25(28)29)13-30-23(22)27)33-26(32-16)34(14-17-4-8-19(35-2)9-5-17)15-18-6-10-20(36-3)11-7-18/h4-13,25H,14-15H2,1-3H3. The van der Waals surface area contributed by atoms with Crippen LogP contribution in [0.3, 0.4) is 0 Å². The summed E-state index contributed by atoms with van der Waals surface area (Å²) in [4.78, 5) is 18.6. The highest BCUT2D eigenvalue weighted by Gasteiger charge is 2.19. The number of anilines is 1. The molecule has 0 spiro atoms. The summed E-state index contributed by atoms with van der Waals surface area (Å²) in [6, 6.07) is 16.2. The Bertz CT molecular complexity index is 1290. The van der Waals surface area contributed by atoms with Gasteiger partial charge in [0.1, 0.15) is 23.1 Å². The Morgan fingerprint density at radius 2 is 1.38 bits per heavy atom. The van der Waals surface area contributed by atoms with E-state index < -0.39 is 12.6 Å². The van der Waals surface area contributed by atoms with Crippen molar-refractivity contribution < 1.29 is 27.4 Å². The molecule has 0 saturated carbocycles. The Balaban J connectivity index is 1.73. The third-order valence-corrected chi connectivity index (χ3v) is 5.36. The Labute approximate surface area is 211 Å². The number of halogens is 3. The van der Waals surface area contributed by atoms with Crippen molar-refractivity contribution in [2.45, 2.75) is 26.6 Å². The minimum atomic E-state index is -3.08. The first-order valence-electron chi connectivity index (χ1n) is 11.2. The molecule has 0 bridgehead atoms. The van der Waals surface area contributed by atoms with Crippen molar-refractivity contribution in [3.05, 3.63) is 83.7 Å². The van der Waals surface area contributed by atoms with E-state index in [9.17, 15) is 13.2 Å². The van der Waals surface area contributed by atoms with Gasteiger partial charge in [0.2, 0.25) is 11.9 Å². The fourth-order valence-corrected chi connectivity index (χ4v) is 3.58. The maximum atomic E-state index is 14.6. The van der Waals surface area contributed by atoms with Gasteiger partial charge in [-0.1, -0.05) is 24.3 Å². The number of aryl methyl sites for hydroxylation is 1. The first-order chi connectivity index (χ1) is 17.8. The molecule has 8 nitrogen and oxygen atoms in total. The van der Waals surface area contributed by atoms with Crippen molar-refractivity contribution >= 4 is 5.95 Å². The second kappa shape index (κ2) is 11.5. The van der Waals surface area contributed by atoms with Gasteiger partial charge in [0.25, 0.3) is 0 Å². The van der Waals surface area contributed by atoms with Crippen LogP contribution in [-0.4, -0.2) is 40.8 Å². The third kappa shape index (κ3) is 6.63. The van der Waals surface area contributed by atoms with E-state index in [1.165, 1.54) is 0 Å². The van der Waals surface area contributed by atoms with Crippen LogP contribution in [0.4, 0.5) is 19.1 Å². The fraction of sp³-hybridized carbons (Fsp3) is 0.231. The number of aromatic nitrogens is 4. The molecule has 0 aliphatic heterocycles. The lowest BCUT2D eigenvalue weighted by Gasteiger charge is -2.24. The Kier molecular flexibility index (Phi) is 8.02. The fourth-order valence-electron chi connectivity index (χ4n) is 3.58. The van der Waals surface area contributed by atoms with E-state index >= 15 is 0 Å². The summed E-state index contributed by atoms with van der Waals surface area (Å²) in [5.41, 5.74) is 1.72. The molecule has 0 aliphatic carbocycles. The van der Waals surface area contributed by atoms with Crippen molar-refractivity contribution in [3.8, 4) is 28.6 Å². The van der Waals surface area contributed by atoms with Gasteiger partial charge in [-0.15, -0.1) is 0 Å². The normalized spacial score (nSPS) is 10.9. The molecule has 11 heteroatoms. The van der Waals surface area contributed by atoms with Crippen LogP contribution < -0.4 is 19.1 Å². The number of hydrogen-bond acceptors (Lipinski definition) is 8. The average Bonchev–Trinajstić information content (AvgIpc) is 2.89. The summed E-state index contributed by atoms with van der Waals surface area (Å²) in [6.07, 6.45) is 0.875. The van der Waals surface area contributed by atoms with Gasteiger partial charge in [0, 0.05) is 13.1 Å². The molecule has 192 valence electrons. The van der Waals surface area contributed by atoms with E-state index in [2.05, 4.69) is 24.7 Å². The zero-order chi connectivity index (χ0) is 26.4. The monoisotopic (exact) mass is 511 g/mol. The molecule has 0 N–H and O–H groups in total. The number of alkyl halides is 2. The number of rotatable bonds is 10. The second-order valence-electron chi connectivity index (χ2n) is 7.95. The second-order valence-corrected chi connectivity index (χ2v) is 7.95. The molecule has 4 rings (SSSR count). The van der Waals surface area contributed by atoms with Gasteiger partial charge in [-0.05, 0) is 48.4 Å². The van der Waals surface area contributed by atoms with Crippen LogP contribution in [-0.2, 0) is 13.1 Å². The SMILES string of the molecule is COc1ccc(CN(Cc2ccc(OC)cc2)c2nc(C)nc(-c3cc(OC(F)F)cnc3F)n2)cc1. The van der Waals surface area contributed by atoms with E-state index in [0.717, 1.165) is 34.9 Å². The van der Waals surface area contributed by atoms with Crippen molar-refractivity contribution in [1.29, 1.82) is 0 Å². The number of pyridine rings is 1. The zero-order valence-corrected chi connectivity index (χ0v) is 20.4. The molecule has 0 aliphatic rings. The molecule has 0 radical (unpaired) electrons. The smallest absolute Gasteiger partial charge is 0.387 e. The van der Waals surface area contributed by atoms with Gasteiger partial charge >= 0.3 is 6.61 Å². The average molecular weight is 512 g/mol. The van der Waals surface area contributed by atoms with Crippen LogP contribution in [0.15, 0.2) is 60.8 Å². The largest absolute Gasteiger partial charge is 0.497 e. The molecule has 2 aromatic carbocycles. The van der Waals surface area contributed by atoms with Gasteiger partial charge in [-0.3, -0.25) is 0 Å². The quantitative estimate of drug-likeness (QED) is 0.269. The maximum absolute atomic E-state index is 14.6. The highest BCUT2D eigenvalue weighted by atomic mass is 19.3. The predicted octanol–water partition coefficient (Wildman–Crippen LogP) is 5.21. The number of ether oxygens (including phenoxy) is 3. The minimum Gasteiger partial charge on any atom is -0.497 e. The van der Waals surface area contributed by atoms with Gasteiger partial charge in [-0.25, -0.2) is 9.97 Å². The summed E-state index contributed by atoms with van der Waals surface area (Å²) in [5, 5.41) is 0. The molecule has 0 fully saturated rings. The number of hydrogen-bond donors (Lipinski definition) is 0. The molecule has 0 atom stereocenters. The molecule has 0 saturated heterocycles. The molecule has 2 aromatic heterocycles. The van der Waals surface area contributed by atoms with Gasteiger partial charge in [-0.2, -0.15) is 23.1 Å². The van der Waals surface area contributed by atoms with Crippen LogP contribution in [0, 0.1) is 12.9 Å².